The topological polar surface area (TPSA) is 18.5 Å². The third kappa shape index (κ3) is 5.03. The molecule has 0 aromatic heterocycles. The number of benzene rings is 2. The minimum absolute atomic E-state index is 0.929. The summed E-state index contributed by atoms with van der Waals surface area (Å²) in [5.74, 6) is 1.86. The predicted molar refractivity (Wildman–Crippen MR) is 94.9 cm³/mol. The van der Waals surface area contributed by atoms with Crippen molar-refractivity contribution < 1.29 is 9.05 Å². The Hall–Kier alpha value is -1.53. The molecule has 2 aromatic carbocycles. The molecule has 0 bridgehead atoms. The van der Waals surface area contributed by atoms with Crippen molar-refractivity contribution in [2.75, 3.05) is 6.16 Å². The van der Waals surface area contributed by atoms with Crippen molar-refractivity contribution in [3.05, 3.63) is 59.7 Å². The Labute approximate surface area is 135 Å². The molecule has 0 N–H and O–H groups in total. The van der Waals surface area contributed by atoms with Crippen LogP contribution >= 0.6 is 8.38 Å². The van der Waals surface area contributed by atoms with E-state index in [2.05, 4.69) is 32.9 Å². The van der Waals surface area contributed by atoms with Crippen LogP contribution in [0.15, 0.2) is 48.5 Å². The van der Waals surface area contributed by atoms with E-state index in [1.54, 1.807) is 0 Å². The lowest BCUT2D eigenvalue weighted by Crippen LogP contribution is -2.02. The van der Waals surface area contributed by atoms with Gasteiger partial charge in [0.1, 0.15) is 11.5 Å². The minimum Gasteiger partial charge on any atom is -0.438 e. The summed E-state index contributed by atoms with van der Waals surface area (Å²) in [4.78, 5) is 0. The maximum Gasteiger partial charge on any atom is 0.290 e. The molecule has 118 valence electrons. The van der Waals surface area contributed by atoms with Crippen LogP contribution in [0.25, 0.3) is 0 Å². The van der Waals surface area contributed by atoms with Crippen LogP contribution < -0.4 is 9.05 Å². The molecule has 2 rings (SSSR count). The van der Waals surface area contributed by atoms with Crippen LogP contribution in [-0.4, -0.2) is 6.16 Å². The van der Waals surface area contributed by atoms with E-state index in [9.17, 15) is 0 Å². The molecule has 0 aliphatic heterocycles. The van der Waals surface area contributed by atoms with Crippen LogP contribution in [0.2, 0.25) is 0 Å². The fourth-order valence-corrected chi connectivity index (χ4v) is 3.69. The summed E-state index contributed by atoms with van der Waals surface area (Å²) in [7, 11) is -0.957. The zero-order valence-corrected chi connectivity index (χ0v) is 14.6. The lowest BCUT2D eigenvalue weighted by atomic mass is 10.2. The van der Waals surface area contributed by atoms with Gasteiger partial charge in [-0.2, -0.15) is 0 Å². The van der Waals surface area contributed by atoms with Crippen LogP contribution in [0.3, 0.4) is 0 Å². The summed E-state index contributed by atoms with van der Waals surface area (Å²) in [5, 5.41) is 0. The Morgan fingerprint density at radius 3 is 1.73 bits per heavy atom. The lowest BCUT2D eigenvalue weighted by molar-refractivity contribution is 0.482. The fourth-order valence-electron chi connectivity index (χ4n) is 2.14. The number of hydrogen-bond donors (Lipinski definition) is 0. The Kier molecular flexibility index (Phi) is 6.74. The Bertz CT molecular complexity index is 536. The van der Waals surface area contributed by atoms with Crippen molar-refractivity contribution >= 4 is 8.38 Å². The smallest absolute Gasteiger partial charge is 0.290 e. The van der Waals surface area contributed by atoms with Crippen LogP contribution in [0, 0.1) is 13.8 Å². The van der Waals surface area contributed by atoms with E-state index >= 15 is 0 Å². The van der Waals surface area contributed by atoms with Gasteiger partial charge in [-0.15, -0.1) is 0 Å². The van der Waals surface area contributed by atoms with Gasteiger partial charge in [-0.05, 0) is 43.5 Å². The summed E-state index contributed by atoms with van der Waals surface area (Å²) in [6.07, 6.45) is 4.52. The number of hydrogen-bond acceptors (Lipinski definition) is 2. The molecular weight excluding hydrogens is 291 g/mol. The maximum atomic E-state index is 6.19. The molecule has 0 atom stereocenters. The van der Waals surface area contributed by atoms with Gasteiger partial charge in [0.25, 0.3) is 8.38 Å². The summed E-state index contributed by atoms with van der Waals surface area (Å²) in [5.41, 5.74) is 2.30. The SMILES string of the molecule is CCCCCP(Oc1ccccc1C)Oc1ccccc1C. The summed E-state index contributed by atoms with van der Waals surface area (Å²) >= 11 is 0. The van der Waals surface area contributed by atoms with E-state index in [0.29, 0.717) is 0 Å². The standard InChI is InChI=1S/C19H25O2P/c1-4-5-10-15-22(20-18-13-8-6-11-16(18)2)21-19-14-9-7-12-17(19)3/h6-9,11-14H,4-5,10,15H2,1-3H3. The molecule has 0 aliphatic rings. The first-order valence-corrected chi connectivity index (χ1v) is 9.31. The summed E-state index contributed by atoms with van der Waals surface area (Å²) in [6, 6.07) is 16.3. The first-order chi connectivity index (χ1) is 10.7. The highest BCUT2D eigenvalue weighted by Crippen LogP contribution is 2.43. The molecule has 0 fully saturated rings. The van der Waals surface area contributed by atoms with Gasteiger partial charge in [-0.25, -0.2) is 0 Å². The first-order valence-electron chi connectivity index (χ1n) is 7.95. The second-order valence-corrected chi connectivity index (χ2v) is 6.95. The second-order valence-electron chi connectivity index (χ2n) is 5.48. The average Bonchev–Trinajstić information content (AvgIpc) is 2.52. The maximum absolute atomic E-state index is 6.19. The van der Waals surface area contributed by atoms with Gasteiger partial charge in [0, 0.05) is 6.16 Å². The molecule has 3 heteroatoms. The van der Waals surface area contributed by atoms with Crippen LogP contribution in [-0.2, 0) is 0 Å². The largest absolute Gasteiger partial charge is 0.438 e. The van der Waals surface area contributed by atoms with E-state index in [0.717, 1.165) is 35.2 Å². The van der Waals surface area contributed by atoms with Crippen molar-refractivity contribution in [3.63, 3.8) is 0 Å². The van der Waals surface area contributed by atoms with Crippen LogP contribution in [0.1, 0.15) is 37.3 Å². The monoisotopic (exact) mass is 316 g/mol. The number of rotatable bonds is 8. The number of aryl methyl sites for hydroxylation is 2. The molecule has 0 saturated carbocycles. The van der Waals surface area contributed by atoms with Crippen LogP contribution in [0.4, 0.5) is 0 Å². The molecule has 2 aromatic rings. The summed E-state index contributed by atoms with van der Waals surface area (Å²) in [6.45, 7) is 6.36. The van der Waals surface area contributed by atoms with Crippen molar-refractivity contribution in [2.24, 2.45) is 0 Å². The van der Waals surface area contributed by atoms with E-state index < -0.39 is 8.38 Å². The first kappa shape index (κ1) is 16.8. The molecule has 0 amide bonds. The molecule has 0 aliphatic carbocycles. The van der Waals surface area contributed by atoms with Crippen LogP contribution in [0.5, 0.6) is 11.5 Å². The van der Waals surface area contributed by atoms with E-state index in [-0.39, 0.29) is 0 Å². The van der Waals surface area contributed by atoms with Crippen molar-refractivity contribution in [1.29, 1.82) is 0 Å². The van der Waals surface area contributed by atoms with Gasteiger partial charge in [-0.1, -0.05) is 56.2 Å². The van der Waals surface area contributed by atoms with Gasteiger partial charge < -0.3 is 9.05 Å². The molecule has 22 heavy (non-hydrogen) atoms. The normalized spacial score (nSPS) is 10.7. The van der Waals surface area contributed by atoms with E-state index in [4.69, 9.17) is 9.05 Å². The second kappa shape index (κ2) is 8.80. The van der Waals surface area contributed by atoms with Crippen molar-refractivity contribution in [3.8, 4) is 11.5 Å². The minimum atomic E-state index is -0.957. The molecular formula is C19H25O2P. The van der Waals surface area contributed by atoms with Gasteiger partial charge in [-0.3, -0.25) is 0 Å². The average molecular weight is 316 g/mol. The van der Waals surface area contributed by atoms with Gasteiger partial charge in [0.15, 0.2) is 0 Å². The quantitative estimate of drug-likeness (QED) is 0.422. The number of para-hydroxylation sites is 2. The van der Waals surface area contributed by atoms with Crippen molar-refractivity contribution in [2.45, 2.75) is 40.0 Å². The Morgan fingerprint density at radius 1 is 0.773 bits per heavy atom. The predicted octanol–water partition coefficient (Wildman–Crippen LogP) is 6.26. The molecule has 0 saturated heterocycles. The van der Waals surface area contributed by atoms with E-state index in [1.807, 2.05) is 36.4 Å². The Morgan fingerprint density at radius 2 is 1.27 bits per heavy atom. The highest BCUT2D eigenvalue weighted by molar-refractivity contribution is 7.48. The molecule has 0 spiro atoms. The van der Waals surface area contributed by atoms with E-state index in [1.165, 1.54) is 12.8 Å². The fraction of sp³-hybridized carbons (Fsp3) is 0.368. The van der Waals surface area contributed by atoms with Gasteiger partial charge in [0.05, 0.1) is 0 Å². The lowest BCUT2D eigenvalue weighted by Gasteiger charge is -2.20. The number of unbranched alkanes of at least 4 members (excludes halogenated alkanes) is 2. The third-order valence-electron chi connectivity index (χ3n) is 3.53. The van der Waals surface area contributed by atoms with Gasteiger partial charge >= 0.3 is 0 Å². The molecule has 0 radical (unpaired) electrons. The highest BCUT2D eigenvalue weighted by atomic mass is 31.2. The summed E-state index contributed by atoms with van der Waals surface area (Å²) < 4.78 is 12.4. The zero-order chi connectivity index (χ0) is 15.8. The Balaban J connectivity index is 2.09. The molecule has 0 unspecified atom stereocenters. The van der Waals surface area contributed by atoms with Gasteiger partial charge in [0.2, 0.25) is 0 Å². The van der Waals surface area contributed by atoms with Crippen molar-refractivity contribution in [1.82, 2.24) is 0 Å². The molecule has 0 heterocycles. The highest BCUT2D eigenvalue weighted by Gasteiger charge is 2.16. The zero-order valence-electron chi connectivity index (χ0n) is 13.7. The molecule has 2 nitrogen and oxygen atoms in total. The third-order valence-corrected chi connectivity index (χ3v) is 5.01.